The van der Waals surface area contributed by atoms with Crippen LogP contribution in [0.5, 0.6) is 0 Å². The van der Waals surface area contributed by atoms with Crippen LogP contribution in [-0.2, 0) is 15.0 Å². The second kappa shape index (κ2) is 13.1. The van der Waals surface area contributed by atoms with E-state index in [9.17, 15) is 14.0 Å². The SMILES string of the molecule is CC(C)(C)CCC1CC[C@@H](C(=O)N2CCC(c3ccc(Cl)cc3C(C)(C)C(=O)N3CCC3)CC2)[C@H](c2ccc(F)cc2F)C1. The van der Waals surface area contributed by atoms with E-state index >= 15 is 4.39 Å². The third-order valence-corrected chi connectivity index (χ3v) is 10.8. The van der Waals surface area contributed by atoms with Crippen LogP contribution in [0.4, 0.5) is 8.78 Å². The van der Waals surface area contributed by atoms with E-state index in [1.807, 2.05) is 35.8 Å². The Morgan fingerprint density at radius 2 is 1.55 bits per heavy atom. The van der Waals surface area contributed by atoms with Crippen LogP contribution < -0.4 is 0 Å². The Bertz CT molecular complexity index is 1360. The summed E-state index contributed by atoms with van der Waals surface area (Å²) in [7, 11) is 0. The maximum Gasteiger partial charge on any atom is 0.232 e. The van der Waals surface area contributed by atoms with Gasteiger partial charge in [-0.3, -0.25) is 9.59 Å². The highest BCUT2D eigenvalue weighted by molar-refractivity contribution is 6.30. The van der Waals surface area contributed by atoms with Crippen molar-refractivity contribution in [3.63, 3.8) is 0 Å². The van der Waals surface area contributed by atoms with E-state index in [4.69, 9.17) is 11.6 Å². The monoisotopic (exact) mass is 626 g/mol. The van der Waals surface area contributed by atoms with Crippen LogP contribution in [0.15, 0.2) is 36.4 Å². The minimum absolute atomic E-state index is 0.0936. The molecule has 1 unspecified atom stereocenters. The summed E-state index contributed by atoms with van der Waals surface area (Å²) in [5, 5.41) is 0.623. The topological polar surface area (TPSA) is 40.6 Å². The summed E-state index contributed by atoms with van der Waals surface area (Å²) in [6.07, 6.45) is 7.20. The number of hydrogen-bond donors (Lipinski definition) is 0. The molecule has 1 aliphatic carbocycles. The lowest BCUT2D eigenvalue weighted by molar-refractivity contribution is -0.140. The molecule has 0 aromatic heterocycles. The van der Waals surface area contributed by atoms with Crippen LogP contribution in [0.3, 0.4) is 0 Å². The first-order valence-corrected chi connectivity index (χ1v) is 17.0. The van der Waals surface area contributed by atoms with E-state index < -0.39 is 17.0 Å². The van der Waals surface area contributed by atoms with Gasteiger partial charge >= 0.3 is 0 Å². The molecular formula is C37H49ClF2N2O2. The molecule has 2 aliphatic heterocycles. The van der Waals surface area contributed by atoms with Crippen molar-refractivity contribution < 1.29 is 18.4 Å². The Morgan fingerprint density at radius 3 is 2.16 bits per heavy atom. The van der Waals surface area contributed by atoms with E-state index in [0.717, 1.165) is 81.6 Å². The fourth-order valence-electron chi connectivity index (χ4n) is 7.70. The first kappa shape index (κ1) is 32.9. The zero-order valence-electron chi connectivity index (χ0n) is 27.1. The second-order valence-corrected chi connectivity index (χ2v) is 15.7. The average Bonchev–Trinajstić information content (AvgIpc) is 2.94. The van der Waals surface area contributed by atoms with Crippen molar-refractivity contribution in [3.8, 4) is 0 Å². The van der Waals surface area contributed by atoms with Gasteiger partial charge < -0.3 is 9.80 Å². The maximum absolute atomic E-state index is 15.1. The molecule has 3 aliphatic rings. The van der Waals surface area contributed by atoms with Crippen LogP contribution >= 0.6 is 11.6 Å². The van der Waals surface area contributed by atoms with Gasteiger partial charge in [-0.25, -0.2) is 8.78 Å². The highest BCUT2D eigenvalue weighted by Gasteiger charge is 2.42. The molecule has 3 atom stereocenters. The van der Waals surface area contributed by atoms with Crippen molar-refractivity contribution >= 4 is 23.4 Å². The Morgan fingerprint density at radius 1 is 0.864 bits per heavy atom. The Kier molecular flexibility index (Phi) is 9.80. The first-order valence-electron chi connectivity index (χ1n) is 16.6. The normalized spacial score (nSPS) is 23.4. The number of halogens is 3. The Labute approximate surface area is 267 Å². The molecule has 3 fully saturated rings. The van der Waals surface area contributed by atoms with Crippen molar-refractivity contribution in [1.82, 2.24) is 9.80 Å². The van der Waals surface area contributed by atoms with Gasteiger partial charge in [-0.05, 0) is 123 Å². The number of piperidine rings is 1. The summed E-state index contributed by atoms with van der Waals surface area (Å²) in [6, 6.07) is 9.76. The molecule has 0 radical (unpaired) electrons. The van der Waals surface area contributed by atoms with Crippen LogP contribution in [0, 0.1) is 28.9 Å². The van der Waals surface area contributed by atoms with Gasteiger partial charge in [0, 0.05) is 43.2 Å². The number of hydrogen-bond acceptors (Lipinski definition) is 2. The van der Waals surface area contributed by atoms with Gasteiger partial charge in [0.25, 0.3) is 0 Å². The van der Waals surface area contributed by atoms with Gasteiger partial charge in [0.2, 0.25) is 11.8 Å². The maximum atomic E-state index is 15.1. The molecule has 240 valence electrons. The lowest BCUT2D eigenvalue weighted by Gasteiger charge is -2.42. The molecular weight excluding hydrogens is 578 g/mol. The van der Waals surface area contributed by atoms with Crippen molar-refractivity contribution in [2.75, 3.05) is 26.2 Å². The van der Waals surface area contributed by atoms with Gasteiger partial charge in [0.05, 0.1) is 5.41 Å². The molecule has 0 bridgehead atoms. The molecule has 5 rings (SSSR count). The fraction of sp³-hybridized carbons (Fsp3) is 0.622. The molecule has 2 amide bonds. The van der Waals surface area contributed by atoms with Crippen molar-refractivity contribution in [3.05, 3.63) is 69.7 Å². The van der Waals surface area contributed by atoms with Gasteiger partial charge in [0.15, 0.2) is 0 Å². The molecule has 2 aromatic carbocycles. The van der Waals surface area contributed by atoms with Crippen LogP contribution in [0.25, 0.3) is 0 Å². The first-order chi connectivity index (χ1) is 20.7. The number of likely N-dealkylation sites (tertiary alicyclic amines) is 2. The van der Waals surface area contributed by atoms with E-state index in [1.54, 1.807) is 6.07 Å². The van der Waals surface area contributed by atoms with Gasteiger partial charge in [-0.2, -0.15) is 0 Å². The van der Waals surface area contributed by atoms with E-state index in [2.05, 4.69) is 26.8 Å². The van der Waals surface area contributed by atoms with Crippen molar-refractivity contribution in [2.24, 2.45) is 17.3 Å². The van der Waals surface area contributed by atoms with E-state index in [-0.39, 0.29) is 35.0 Å². The quantitative estimate of drug-likeness (QED) is 0.308. The fourth-order valence-corrected chi connectivity index (χ4v) is 7.87. The van der Waals surface area contributed by atoms with Crippen molar-refractivity contribution in [1.29, 1.82) is 0 Å². The predicted octanol–water partition coefficient (Wildman–Crippen LogP) is 8.86. The lowest BCUT2D eigenvalue weighted by atomic mass is 9.68. The number of carbonyl (C=O) groups is 2. The number of amides is 2. The second-order valence-electron chi connectivity index (χ2n) is 15.3. The molecule has 0 spiro atoms. The number of rotatable bonds is 7. The summed E-state index contributed by atoms with van der Waals surface area (Å²) in [5.74, 6) is -0.834. The number of benzene rings is 2. The highest BCUT2D eigenvalue weighted by atomic mass is 35.5. The summed E-state index contributed by atoms with van der Waals surface area (Å²) in [6.45, 7) is 13.6. The van der Waals surface area contributed by atoms with Crippen LogP contribution in [-0.4, -0.2) is 47.8 Å². The van der Waals surface area contributed by atoms with E-state index in [1.165, 1.54) is 6.07 Å². The summed E-state index contributed by atoms with van der Waals surface area (Å²) < 4.78 is 29.0. The van der Waals surface area contributed by atoms with Crippen LogP contribution in [0.2, 0.25) is 5.02 Å². The number of carbonyl (C=O) groups excluding carboxylic acids is 2. The molecule has 2 aromatic rings. The predicted molar refractivity (Wildman–Crippen MR) is 173 cm³/mol. The molecule has 44 heavy (non-hydrogen) atoms. The third-order valence-electron chi connectivity index (χ3n) is 10.6. The molecule has 2 saturated heterocycles. The number of nitrogens with zero attached hydrogens (tertiary/aromatic N) is 2. The average molecular weight is 627 g/mol. The molecule has 7 heteroatoms. The van der Waals surface area contributed by atoms with Crippen molar-refractivity contribution in [2.45, 2.75) is 103 Å². The van der Waals surface area contributed by atoms with Gasteiger partial charge in [-0.1, -0.05) is 44.5 Å². The highest BCUT2D eigenvalue weighted by Crippen LogP contribution is 2.46. The van der Waals surface area contributed by atoms with Crippen LogP contribution in [0.1, 0.15) is 115 Å². The third kappa shape index (κ3) is 7.16. The standard InChI is InChI=1S/C37H49ClF2N2O2/c1-36(2,3)16-13-24-7-10-30(31(21-24)29-12-9-27(39)23-33(29)40)34(43)41-19-14-25(15-20-41)28-11-8-26(38)22-32(28)37(4,5)35(44)42-17-6-18-42/h8-9,11-12,22-25,30-31H,6-7,10,13-21H2,1-5H3/t24?,30-,31+/m1/s1. The zero-order chi connectivity index (χ0) is 31.8. The lowest BCUT2D eigenvalue weighted by Crippen LogP contribution is -2.50. The summed E-state index contributed by atoms with van der Waals surface area (Å²) in [4.78, 5) is 31.4. The smallest absolute Gasteiger partial charge is 0.232 e. The van der Waals surface area contributed by atoms with Gasteiger partial charge in [-0.15, -0.1) is 0 Å². The molecule has 0 N–H and O–H groups in total. The minimum atomic E-state index is -0.689. The van der Waals surface area contributed by atoms with E-state index in [0.29, 0.717) is 29.6 Å². The molecule has 1 saturated carbocycles. The summed E-state index contributed by atoms with van der Waals surface area (Å²) >= 11 is 6.46. The minimum Gasteiger partial charge on any atom is -0.342 e. The zero-order valence-corrected chi connectivity index (χ0v) is 27.9. The molecule has 2 heterocycles. The van der Waals surface area contributed by atoms with Gasteiger partial charge in [0.1, 0.15) is 11.6 Å². The Hall–Kier alpha value is -2.47. The Balaban J connectivity index is 1.31. The largest absolute Gasteiger partial charge is 0.342 e. The molecule has 4 nitrogen and oxygen atoms in total. The summed E-state index contributed by atoms with van der Waals surface area (Å²) in [5.41, 5.74) is 2.12.